The second kappa shape index (κ2) is 5.95. The average molecular weight is 303 g/mol. The molecule has 0 saturated carbocycles. The first-order valence-electron chi connectivity index (χ1n) is 5.67. The van der Waals surface area contributed by atoms with E-state index in [4.69, 9.17) is 27.9 Å². The lowest BCUT2D eigenvalue weighted by Gasteiger charge is -2.22. The van der Waals surface area contributed by atoms with Gasteiger partial charge in [-0.2, -0.15) is 0 Å². The third kappa shape index (κ3) is 4.53. The summed E-state index contributed by atoms with van der Waals surface area (Å²) in [4.78, 5) is 11.8. The van der Waals surface area contributed by atoms with Crippen molar-refractivity contribution in [2.75, 3.05) is 0 Å². The van der Waals surface area contributed by atoms with Crippen molar-refractivity contribution >= 4 is 29.2 Å². The zero-order valence-electron chi connectivity index (χ0n) is 11.0. The van der Waals surface area contributed by atoms with Crippen molar-refractivity contribution in [3.8, 4) is 0 Å². The van der Waals surface area contributed by atoms with Crippen molar-refractivity contribution in [3.05, 3.63) is 46.0 Å². The quantitative estimate of drug-likeness (QED) is 0.680. The van der Waals surface area contributed by atoms with Gasteiger partial charge in [-0.3, -0.25) is 0 Å². The minimum Gasteiger partial charge on any atom is -0.457 e. The summed E-state index contributed by atoms with van der Waals surface area (Å²) in [5, 5.41) is 10.8. The van der Waals surface area contributed by atoms with E-state index >= 15 is 0 Å². The summed E-state index contributed by atoms with van der Waals surface area (Å²) < 4.78 is 5.14. The molecule has 0 fully saturated rings. The average Bonchev–Trinajstić information content (AvgIpc) is 2.24. The van der Waals surface area contributed by atoms with Gasteiger partial charge in [0.1, 0.15) is 11.7 Å². The molecule has 0 bridgehead atoms. The fourth-order valence-electron chi connectivity index (χ4n) is 1.37. The Bertz CT molecular complexity index is 504. The minimum atomic E-state index is -1.22. The summed E-state index contributed by atoms with van der Waals surface area (Å²) in [6.07, 6.45) is -1.22. The number of esters is 1. The van der Waals surface area contributed by atoms with Gasteiger partial charge in [-0.15, -0.1) is 0 Å². The van der Waals surface area contributed by atoms with Crippen LogP contribution in [0.5, 0.6) is 0 Å². The van der Waals surface area contributed by atoms with Crippen LogP contribution < -0.4 is 0 Å². The van der Waals surface area contributed by atoms with Crippen LogP contribution in [0.2, 0.25) is 10.0 Å². The highest BCUT2D eigenvalue weighted by molar-refractivity contribution is 6.35. The summed E-state index contributed by atoms with van der Waals surface area (Å²) in [6, 6.07) is 4.61. The van der Waals surface area contributed by atoms with E-state index in [-0.39, 0.29) is 10.6 Å². The minimum absolute atomic E-state index is 0.0702. The predicted octanol–water partition coefficient (Wildman–Crippen LogP) is 3.92. The van der Waals surface area contributed by atoms with E-state index in [1.165, 1.54) is 6.07 Å². The standard InChI is InChI=1S/C14H16Cl2O3/c1-8(13(18)19-14(2,3)4)12(17)10-6-5-9(15)7-11(10)16/h5-7,12,17H,1H2,2-4H3. The second-order valence-corrected chi connectivity index (χ2v) is 5.94. The number of carbonyl (C=O) groups is 1. The van der Waals surface area contributed by atoms with Crippen LogP contribution in [0.3, 0.4) is 0 Å². The monoisotopic (exact) mass is 302 g/mol. The van der Waals surface area contributed by atoms with Crippen LogP contribution in [-0.4, -0.2) is 16.7 Å². The molecule has 1 N–H and O–H groups in total. The van der Waals surface area contributed by atoms with E-state index in [0.717, 1.165) is 0 Å². The molecular weight excluding hydrogens is 287 g/mol. The maximum Gasteiger partial charge on any atom is 0.336 e. The van der Waals surface area contributed by atoms with E-state index < -0.39 is 17.7 Å². The third-order valence-electron chi connectivity index (χ3n) is 2.25. The van der Waals surface area contributed by atoms with E-state index in [1.54, 1.807) is 32.9 Å². The van der Waals surface area contributed by atoms with Gasteiger partial charge >= 0.3 is 5.97 Å². The predicted molar refractivity (Wildman–Crippen MR) is 76.4 cm³/mol. The lowest BCUT2D eigenvalue weighted by Crippen LogP contribution is -2.26. The molecule has 1 atom stereocenters. The molecule has 1 aromatic carbocycles. The summed E-state index contributed by atoms with van der Waals surface area (Å²) in [5.74, 6) is -0.661. The van der Waals surface area contributed by atoms with Crippen molar-refractivity contribution in [1.82, 2.24) is 0 Å². The zero-order valence-corrected chi connectivity index (χ0v) is 12.5. The molecule has 104 valence electrons. The Morgan fingerprint density at radius 1 is 1.37 bits per heavy atom. The molecule has 0 aliphatic carbocycles. The van der Waals surface area contributed by atoms with Crippen LogP contribution in [0.1, 0.15) is 32.4 Å². The van der Waals surface area contributed by atoms with E-state index in [1.807, 2.05) is 0 Å². The smallest absolute Gasteiger partial charge is 0.336 e. The molecule has 1 rings (SSSR count). The Morgan fingerprint density at radius 2 is 1.95 bits per heavy atom. The van der Waals surface area contributed by atoms with E-state index in [2.05, 4.69) is 6.58 Å². The van der Waals surface area contributed by atoms with Gasteiger partial charge in [0, 0.05) is 15.6 Å². The molecule has 0 aliphatic heterocycles. The van der Waals surface area contributed by atoms with Gasteiger partial charge in [-0.05, 0) is 32.9 Å². The molecular formula is C14H16Cl2O3. The van der Waals surface area contributed by atoms with Gasteiger partial charge in [-0.1, -0.05) is 35.8 Å². The Kier molecular flexibility index (Phi) is 5.02. The van der Waals surface area contributed by atoms with Gasteiger partial charge in [0.15, 0.2) is 0 Å². The first kappa shape index (κ1) is 16.0. The maximum atomic E-state index is 11.8. The highest BCUT2D eigenvalue weighted by Gasteiger charge is 2.25. The number of carbonyl (C=O) groups excluding carboxylic acids is 1. The number of hydrogen-bond donors (Lipinski definition) is 1. The largest absolute Gasteiger partial charge is 0.457 e. The number of halogens is 2. The highest BCUT2D eigenvalue weighted by Crippen LogP contribution is 2.30. The summed E-state index contributed by atoms with van der Waals surface area (Å²) in [5.41, 5.74) is -0.357. The van der Waals surface area contributed by atoms with Crippen molar-refractivity contribution in [1.29, 1.82) is 0 Å². The SMILES string of the molecule is C=C(C(=O)OC(C)(C)C)C(O)c1ccc(Cl)cc1Cl. The molecule has 0 radical (unpaired) electrons. The lowest BCUT2D eigenvalue weighted by atomic mass is 10.0. The van der Waals surface area contributed by atoms with Crippen molar-refractivity contribution in [2.45, 2.75) is 32.5 Å². The molecule has 0 amide bonds. The molecule has 0 aromatic heterocycles. The van der Waals surface area contributed by atoms with Crippen molar-refractivity contribution in [3.63, 3.8) is 0 Å². The molecule has 3 nitrogen and oxygen atoms in total. The zero-order chi connectivity index (χ0) is 14.8. The Balaban J connectivity index is 2.91. The topological polar surface area (TPSA) is 46.5 Å². The van der Waals surface area contributed by atoms with E-state index in [0.29, 0.717) is 10.6 Å². The number of benzene rings is 1. The van der Waals surface area contributed by atoms with Crippen molar-refractivity contribution < 1.29 is 14.6 Å². The number of rotatable bonds is 3. The van der Waals surface area contributed by atoms with Gasteiger partial charge in [-0.25, -0.2) is 4.79 Å². The first-order chi connectivity index (χ1) is 8.61. The van der Waals surface area contributed by atoms with Crippen LogP contribution in [-0.2, 0) is 9.53 Å². The summed E-state index contributed by atoms with van der Waals surface area (Å²) >= 11 is 11.7. The normalized spacial score (nSPS) is 12.9. The Labute approximate surface area is 122 Å². The van der Waals surface area contributed by atoms with Crippen LogP contribution in [0.4, 0.5) is 0 Å². The number of hydrogen-bond acceptors (Lipinski definition) is 3. The molecule has 19 heavy (non-hydrogen) atoms. The van der Waals surface area contributed by atoms with Gasteiger partial charge in [0.25, 0.3) is 0 Å². The van der Waals surface area contributed by atoms with E-state index in [9.17, 15) is 9.90 Å². The van der Waals surface area contributed by atoms with Crippen LogP contribution in [0, 0.1) is 0 Å². The number of aliphatic hydroxyl groups is 1. The molecule has 1 aromatic rings. The second-order valence-electron chi connectivity index (χ2n) is 5.10. The highest BCUT2D eigenvalue weighted by atomic mass is 35.5. The fraction of sp³-hybridized carbons (Fsp3) is 0.357. The lowest BCUT2D eigenvalue weighted by molar-refractivity contribution is -0.151. The Hall–Kier alpha value is -1.03. The molecule has 0 saturated heterocycles. The molecule has 0 heterocycles. The Morgan fingerprint density at radius 3 is 2.42 bits per heavy atom. The van der Waals surface area contributed by atoms with Crippen LogP contribution in [0.15, 0.2) is 30.4 Å². The van der Waals surface area contributed by atoms with Gasteiger partial charge < -0.3 is 9.84 Å². The van der Waals surface area contributed by atoms with Crippen molar-refractivity contribution in [2.24, 2.45) is 0 Å². The molecule has 0 spiro atoms. The molecule has 5 heteroatoms. The summed E-state index contributed by atoms with van der Waals surface area (Å²) in [7, 11) is 0. The van der Waals surface area contributed by atoms with Gasteiger partial charge in [0.05, 0.1) is 5.57 Å². The van der Waals surface area contributed by atoms with Crippen LogP contribution >= 0.6 is 23.2 Å². The fourth-order valence-corrected chi connectivity index (χ4v) is 1.88. The van der Waals surface area contributed by atoms with Crippen LogP contribution in [0.25, 0.3) is 0 Å². The molecule has 0 aliphatic rings. The van der Waals surface area contributed by atoms with Gasteiger partial charge in [0.2, 0.25) is 0 Å². The first-order valence-corrected chi connectivity index (χ1v) is 6.42. The maximum absolute atomic E-state index is 11.8. The molecule has 1 unspecified atom stereocenters. The number of aliphatic hydroxyl groups excluding tert-OH is 1. The third-order valence-corrected chi connectivity index (χ3v) is 2.81. The number of ether oxygens (including phenoxy) is 1. The summed E-state index contributed by atoms with van der Waals surface area (Å²) in [6.45, 7) is 8.77.